The molecule has 0 unspecified atom stereocenters. The molecule has 0 nitrogen and oxygen atoms in total. The zero-order valence-corrected chi connectivity index (χ0v) is 5.72. The van der Waals surface area contributed by atoms with Crippen LogP contribution in [0.3, 0.4) is 0 Å². The number of hydrogen-bond donors (Lipinski definition) is 0. The second kappa shape index (κ2) is 3.16. The Balaban J connectivity index is 2.81. The number of hydrogen-bond acceptors (Lipinski definition) is 0. The van der Waals surface area contributed by atoms with Gasteiger partial charge >= 0.3 is 0 Å². The third-order valence-electron chi connectivity index (χ3n) is 0.638. The van der Waals surface area contributed by atoms with Crippen molar-refractivity contribution in [1.29, 1.82) is 0 Å². The molecule has 0 radical (unpaired) electrons. The Morgan fingerprint density at radius 1 is 1.67 bits per heavy atom. The smallest absolute Gasteiger partial charge is 0.0344 e. The van der Waals surface area contributed by atoms with E-state index in [2.05, 4.69) is 19.7 Å². The van der Waals surface area contributed by atoms with Crippen LogP contribution in [-0.2, 0) is 0 Å². The third kappa shape index (κ3) is 3.96. The van der Waals surface area contributed by atoms with Crippen molar-refractivity contribution in [3.8, 4) is 0 Å². The minimum atomic E-state index is -0.289. The zero-order valence-electron chi connectivity index (χ0n) is 4.57. The topological polar surface area (TPSA) is 0 Å². The fourth-order valence-corrected chi connectivity index (χ4v) is 1.00. The molecule has 0 atom stereocenters. The Bertz CT molecular complexity index is 39.2. The molecule has 0 aliphatic carbocycles. The van der Waals surface area contributed by atoms with Gasteiger partial charge in [0.15, 0.2) is 0 Å². The molecule has 0 aliphatic rings. The summed E-state index contributed by atoms with van der Waals surface area (Å²) in [4.78, 5) is 0. The minimum Gasteiger partial charge on any atom is -0.103 e. The van der Waals surface area contributed by atoms with Gasteiger partial charge in [-0.2, -0.15) is 0 Å². The van der Waals surface area contributed by atoms with Crippen LogP contribution < -0.4 is 0 Å². The second-order valence-corrected chi connectivity index (χ2v) is 5.18. The fraction of sp³-hybridized carbons (Fsp3) is 0.600. The van der Waals surface area contributed by atoms with Crippen molar-refractivity contribution in [1.82, 2.24) is 0 Å². The molecule has 0 aromatic heterocycles. The molecule has 0 bridgehead atoms. The Hall–Kier alpha value is -0.0431. The molecule has 36 valence electrons. The molecule has 0 saturated heterocycles. The lowest BCUT2D eigenvalue weighted by Crippen LogP contribution is -1.93. The Morgan fingerprint density at radius 3 is 2.17 bits per heavy atom. The average Bonchev–Trinajstić information content (AvgIpc) is 1.35. The molecule has 0 heterocycles. The predicted molar refractivity (Wildman–Crippen MR) is 33.9 cm³/mol. The van der Waals surface area contributed by atoms with E-state index in [4.69, 9.17) is 0 Å². The summed E-state index contributed by atoms with van der Waals surface area (Å²) in [5.41, 5.74) is 0. The van der Waals surface area contributed by atoms with E-state index in [1.165, 1.54) is 6.04 Å². The van der Waals surface area contributed by atoms with Crippen molar-refractivity contribution in [3.63, 3.8) is 0 Å². The van der Waals surface area contributed by atoms with E-state index in [1.54, 1.807) is 0 Å². The van der Waals surface area contributed by atoms with Gasteiger partial charge in [-0.25, -0.2) is 0 Å². The van der Waals surface area contributed by atoms with Crippen LogP contribution in [0.5, 0.6) is 0 Å². The van der Waals surface area contributed by atoms with Gasteiger partial charge < -0.3 is 0 Å². The van der Waals surface area contributed by atoms with Crippen LogP contribution in [0.25, 0.3) is 0 Å². The maximum absolute atomic E-state index is 3.64. The van der Waals surface area contributed by atoms with Crippen LogP contribution in [0.4, 0.5) is 0 Å². The van der Waals surface area contributed by atoms with E-state index >= 15 is 0 Å². The fourth-order valence-electron chi connectivity index (χ4n) is 0.333. The number of allylic oxidation sites excluding steroid dienone is 1. The molecule has 0 amide bonds. The van der Waals surface area contributed by atoms with Gasteiger partial charge in [-0.1, -0.05) is 19.2 Å². The molecule has 6 heavy (non-hydrogen) atoms. The summed E-state index contributed by atoms with van der Waals surface area (Å²) in [6.45, 7) is 8.28. The van der Waals surface area contributed by atoms with E-state index < -0.39 is 0 Å². The van der Waals surface area contributed by atoms with Gasteiger partial charge in [0.25, 0.3) is 0 Å². The normalized spacial score (nSPS) is 9.17. The molecule has 0 aliphatic heterocycles. The first-order chi connectivity index (χ1) is 2.77. The summed E-state index contributed by atoms with van der Waals surface area (Å²) in [6, 6.07) is 1.28. The molecule has 0 rings (SSSR count). The molecule has 0 saturated carbocycles. The highest BCUT2D eigenvalue weighted by atomic mass is 28.3. The molecule has 0 spiro atoms. The summed E-state index contributed by atoms with van der Waals surface area (Å²) < 4.78 is 0. The predicted octanol–water partition coefficient (Wildman–Crippen LogP) is 1.66. The van der Waals surface area contributed by atoms with Gasteiger partial charge in [-0.15, -0.1) is 6.58 Å². The Labute approximate surface area is 41.5 Å². The van der Waals surface area contributed by atoms with Gasteiger partial charge in [0, 0.05) is 8.80 Å². The summed E-state index contributed by atoms with van der Waals surface area (Å²) in [5.74, 6) is 0. The maximum Gasteiger partial charge on any atom is 0.0344 e. The van der Waals surface area contributed by atoms with Crippen molar-refractivity contribution in [2.45, 2.75) is 19.1 Å². The van der Waals surface area contributed by atoms with Crippen molar-refractivity contribution >= 4 is 8.80 Å². The third-order valence-corrected chi connectivity index (χ3v) is 1.91. The van der Waals surface area contributed by atoms with E-state index in [9.17, 15) is 0 Å². The van der Waals surface area contributed by atoms with Crippen LogP contribution in [0.2, 0.25) is 19.1 Å². The average molecular weight is 100 g/mol. The highest BCUT2D eigenvalue weighted by Gasteiger charge is 1.85. The summed E-state index contributed by atoms with van der Waals surface area (Å²) in [5, 5.41) is 0. The molecule has 0 aromatic carbocycles. The second-order valence-electron chi connectivity index (χ2n) is 1.92. The lowest BCUT2D eigenvalue weighted by Gasteiger charge is -1.90. The van der Waals surface area contributed by atoms with Gasteiger partial charge in [-0.3, -0.25) is 0 Å². The van der Waals surface area contributed by atoms with Gasteiger partial charge in [0.2, 0.25) is 0 Å². The first-order valence-electron chi connectivity index (χ1n) is 2.38. The van der Waals surface area contributed by atoms with Crippen molar-refractivity contribution < 1.29 is 0 Å². The van der Waals surface area contributed by atoms with E-state index in [1.807, 2.05) is 6.08 Å². The lowest BCUT2D eigenvalue weighted by atomic mass is 10.8. The molecular formula is C5H12Si. The van der Waals surface area contributed by atoms with Crippen LogP contribution in [-0.4, -0.2) is 8.80 Å². The molecule has 0 N–H and O–H groups in total. The molecule has 0 fully saturated rings. The Kier molecular flexibility index (Phi) is 3.14. The van der Waals surface area contributed by atoms with Gasteiger partial charge in [0.1, 0.15) is 0 Å². The van der Waals surface area contributed by atoms with Crippen molar-refractivity contribution in [3.05, 3.63) is 12.7 Å². The van der Waals surface area contributed by atoms with Crippen LogP contribution in [0.15, 0.2) is 12.7 Å². The quantitative estimate of drug-likeness (QED) is 0.366. The maximum atomic E-state index is 3.64. The summed E-state index contributed by atoms with van der Waals surface area (Å²) in [6.07, 6.45) is 2.01. The molecular weight excluding hydrogens is 88.1 g/mol. The monoisotopic (exact) mass is 100 g/mol. The minimum absolute atomic E-state index is 0.289. The largest absolute Gasteiger partial charge is 0.103 e. The van der Waals surface area contributed by atoms with Gasteiger partial charge in [0.05, 0.1) is 0 Å². The Morgan fingerprint density at radius 2 is 2.17 bits per heavy atom. The van der Waals surface area contributed by atoms with Crippen molar-refractivity contribution in [2.75, 3.05) is 0 Å². The summed E-state index contributed by atoms with van der Waals surface area (Å²) >= 11 is 0. The summed E-state index contributed by atoms with van der Waals surface area (Å²) in [7, 11) is -0.289. The SMILES string of the molecule is C=CC[SiH](C)C. The van der Waals surface area contributed by atoms with Gasteiger partial charge in [-0.05, 0) is 6.04 Å². The van der Waals surface area contributed by atoms with E-state index in [0.717, 1.165) is 0 Å². The molecule has 1 heteroatoms. The van der Waals surface area contributed by atoms with Crippen LogP contribution in [0.1, 0.15) is 0 Å². The van der Waals surface area contributed by atoms with E-state index in [0.29, 0.717) is 0 Å². The lowest BCUT2D eigenvalue weighted by molar-refractivity contribution is 1.63. The van der Waals surface area contributed by atoms with E-state index in [-0.39, 0.29) is 8.80 Å². The standard InChI is InChI=1S/C5H12Si/c1-4-5-6(2)3/h4,6H,1,5H2,2-3H3. The number of rotatable bonds is 2. The van der Waals surface area contributed by atoms with Crippen LogP contribution in [0, 0.1) is 0 Å². The first-order valence-corrected chi connectivity index (χ1v) is 5.51. The molecule has 0 aromatic rings. The highest BCUT2D eigenvalue weighted by molar-refractivity contribution is 6.56. The highest BCUT2D eigenvalue weighted by Crippen LogP contribution is 1.87. The zero-order chi connectivity index (χ0) is 4.99. The first kappa shape index (κ1) is 5.96. The van der Waals surface area contributed by atoms with Crippen LogP contribution >= 0.6 is 0 Å². The van der Waals surface area contributed by atoms with Crippen molar-refractivity contribution in [2.24, 2.45) is 0 Å².